The fourth-order valence-corrected chi connectivity index (χ4v) is 11.5. The number of hydrogen-bond donors (Lipinski definition) is 0. The van der Waals surface area contributed by atoms with Gasteiger partial charge < -0.3 is 9.13 Å². The lowest BCUT2D eigenvalue weighted by atomic mass is 9.92. The van der Waals surface area contributed by atoms with E-state index < -0.39 is 29.0 Å². The Morgan fingerprint density at radius 1 is 0.341 bits per heavy atom. The van der Waals surface area contributed by atoms with E-state index in [1.807, 2.05) is 12.1 Å². The number of aromatic nitrogens is 2. The van der Waals surface area contributed by atoms with Crippen LogP contribution < -0.4 is 0 Å². The molecule has 12 rings (SSSR count). The molecule has 12 aromatic rings. The molecule has 88 heavy (non-hydrogen) atoms. The zero-order valence-corrected chi connectivity index (χ0v) is 44.9. The molecule has 0 fully saturated rings. The third-order valence-electron chi connectivity index (χ3n) is 15.4. The topological polar surface area (TPSA) is 166 Å². The van der Waals surface area contributed by atoms with Gasteiger partial charge in [0.25, 0.3) is 0 Å². The molecule has 2 aromatic heterocycles. The van der Waals surface area contributed by atoms with E-state index in [0.29, 0.717) is 72.1 Å². The molecule has 0 aliphatic rings. The van der Waals surface area contributed by atoms with Crippen LogP contribution in [0.2, 0.25) is 0 Å². The van der Waals surface area contributed by atoms with Gasteiger partial charge in [-0.25, -0.2) is 14.5 Å². The number of hydrogen-bond acceptors (Lipinski definition) is 6. The standard InChI is InChI=1S/C71H29F6N11/c1-84-50-11-20-53(47(26-50)37-82)43-7-16-57-56-15-6-42(52-13-4-39(33-78)22-46(52)36-81)28-63(56)87(64(57)29-43)67-24-41(35-80)25-68(69(67)60-19-10-49(70(72,73)74)32-61(60)71(75,76)77)88-65-30-44(54-21-12-51(85-2)27-48(54)38-83)8-17-58(65)59-18-9-45(31-66(59)88)55-14-5-40(34-79)23-62(55)86-3/h4-32H. The van der Waals surface area contributed by atoms with Crippen molar-refractivity contribution in [2.75, 3.05) is 0 Å². The van der Waals surface area contributed by atoms with Crippen LogP contribution in [0.25, 0.3) is 125 Å². The minimum absolute atomic E-state index is 0.0306. The zero-order chi connectivity index (χ0) is 61.9. The van der Waals surface area contributed by atoms with Gasteiger partial charge in [0.05, 0.1) is 117 Å². The molecule has 17 heteroatoms. The molecular formula is C71H29F6N11. The molecule has 10 aromatic carbocycles. The van der Waals surface area contributed by atoms with Gasteiger partial charge >= 0.3 is 12.4 Å². The molecule has 0 atom stereocenters. The van der Waals surface area contributed by atoms with Crippen LogP contribution in [0.15, 0.2) is 176 Å². The first kappa shape index (κ1) is 55.3. The maximum atomic E-state index is 16.3. The van der Waals surface area contributed by atoms with Gasteiger partial charge in [0.1, 0.15) is 0 Å². The number of rotatable bonds is 7. The minimum atomic E-state index is -5.49. The Balaban J connectivity index is 1.31. The lowest BCUT2D eigenvalue weighted by molar-refractivity contribution is -0.142. The van der Waals surface area contributed by atoms with Gasteiger partial charge in [-0.05, 0) is 135 Å². The number of nitriles is 6. The summed E-state index contributed by atoms with van der Waals surface area (Å²) in [4.78, 5) is 10.7. The molecule has 0 N–H and O–H groups in total. The summed E-state index contributed by atoms with van der Waals surface area (Å²) >= 11 is 0. The van der Waals surface area contributed by atoms with Crippen LogP contribution in [-0.4, -0.2) is 9.13 Å². The van der Waals surface area contributed by atoms with Gasteiger partial charge in [0, 0.05) is 43.8 Å². The Morgan fingerprint density at radius 2 is 0.727 bits per heavy atom. The molecule has 0 spiro atoms. The highest BCUT2D eigenvalue weighted by atomic mass is 19.4. The van der Waals surface area contributed by atoms with Gasteiger partial charge in [-0.1, -0.05) is 91.0 Å². The van der Waals surface area contributed by atoms with Crippen molar-refractivity contribution in [3.8, 4) is 103 Å². The van der Waals surface area contributed by atoms with Crippen molar-refractivity contribution in [3.05, 3.63) is 255 Å². The number of halogens is 6. The zero-order valence-electron chi connectivity index (χ0n) is 44.9. The maximum absolute atomic E-state index is 16.3. The minimum Gasteiger partial charge on any atom is -0.308 e. The second kappa shape index (κ2) is 21.2. The molecule has 410 valence electrons. The van der Waals surface area contributed by atoms with Crippen molar-refractivity contribution < 1.29 is 26.3 Å². The molecule has 0 saturated heterocycles. The quantitative estimate of drug-likeness (QED) is 0.114. The first-order chi connectivity index (χ1) is 42.4. The van der Waals surface area contributed by atoms with Crippen LogP contribution in [0.5, 0.6) is 0 Å². The van der Waals surface area contributed by atoms with E-state index in [1.165, 1.54) is 60.7 Å². The Labute approximate surface area is 496 Å². The van der Waals surface area contributed by atoms with Crippen LogP contribution >= 0.6 is 0 Å². The highest BCUT2D eigenvalue weighted by molar-refractivity contribution is 6.14. The van der Waals surface area contributed by atoms with Crippen molar-refractivity contribution >= 4 is 60.7 Å². The van der Waals surface area contributed by atoms with Crippen molar-refractivity contribution in [3.63, 3.8) is 0 Å². The third kappa shape index (κ3) is 9.21. The largest absolute Gasteiger partial charge is 0.417 e. The Kier molecular flexibility index (Phi) is 13.3. The van der Waals surface area contributed by atoms with Gasteiger partial charge in [-0.3, -0.25) is 0 Å². The summed E-state index contributed by atoms with van der Waals surface area (Å²) < 4.78 is 96.4. The van der Waals surface area contributed by atoms with E-state index in [0.717, 1.165) is 6.07 Å². The van der Waals surface area contributed by atoms with E-state index in [9.17, 15) is 44.7 Å². The number of alkyl halides is 6. The van der Waals surface area contributed by atoms with Crippen molar-refractivity contribution in [2.45, 2.75) is 12.4 Å². The van der Waals surface area contributed by atoms with Crippen LogP contribution in [0.3, 0.4) is 0 Å². The summed E-state index contributed by atoms with van der Waals surface area (Å²) in [5.41, 5.74) is 0.318. The fraction of sp³-hybridized carbons (Fsp3) is 0.0282. The second-order valence-corrected chi connectivity index (χ2v) is 20.2. The molecule has 0 amide bonds. The van der Waals surface area contributed by atoms with Crippen LogP contribution in [0.1, 0.15) is 44.5 Å². The van der Waals surface area contributed by atoms with E-state index in [4.69, 9.17) is 19.7 Å². The van der Waals surface area contributed by atoms with Crippen LogP contribution in [-0.2, 0) is 12.4 Å². The highest BCUT2D eigenvalue weighted by Gasteiger charge is 2.40. The average molecular weight is 1150 g/mol. The van der Waals surface area contributed by atoms with Gasteiger partial charge in [-0.2, -0.15) is 57.9 Å². The monoisotopic (exact) mass is 1150 g/mol. The summed E-state index contributed by atoms with van der Waals surface area (Å²) in [6, 6.07) is 55.0. The molecule has 0 bridgehead atoms. The molecule has 0 radical (unpaired) electrons. The van der Waals surface area contributed by atoms with Crippen molar-refractivity contribution in [1.29, 1.82) is 31.6 Å². The molecule has 0 aliphatic heterocycles. The lowest BCUT2D eigenvalue weighted by Gasteiger charge is -2.24. The first-order valence-electron chi connectivity index (χ1n) is 26.2. The van der Waals surface area contributed by atoms with E-state index in [1.54, 1.807) is 106 Å². The highest BCUT2D eigenvalue weighted by Crippen LogP contribution is 2.50. The normalized spacial score (nSPS) is 11.2. The third-order valence-corrected chi connectivity index (χ3v) is 15.4. The summed E-state index contributed by atoms with van der Waals surface area (Å²) in [5.74, 6) is 0. The smallest absolute Gasteiger partial charge is 0.308 e. The Bertz CT molecular complexity index is 4940. The SMILES string of the molecule is [C-]#[N+]c1ccc(-c2ccc3c4ccc(-c5ccc(C#N)cc5C#N)cc4n(-c4cc(C#N)cc(-n5c6cc(-c7ccc([N+]#[C-])cc7C#N)ccc6c6ccc(-c7ccc(C#N)cc7[N+]#[C-])cc65)c4-c4ccc(C(F)(F)F)cc4C(F)(F)F)c3c2)c(C#N)c1. The number of benzene rings is 10. The Morgan fingerprint density at radius 3 is 1.11 bits per heavy atom. The van der Waals surface area contributed by atoms with Crippen molar-refractivity contribution in [1.82, 2.24) is 9.13 Å². The van der Waals surface area contributed by atoms with E-state index >= 15 is 13.2 Å². The van der Waals surface area contributed by atoms with Gasteiger partial charge in [-0.15, -0.1) is 0 Å². The molecular weight excluding hydrogens is 1120 g/mol. The lowest BCUT2D eigenvalue weighted by Crippen LogP contribution is -2.14. The van der Waals surface area contributed by atoms with Gasteiger partial charge in [0.15, 0.2) is 17.1 Å². The van der Waals surface area contributed by atoms with E-state index in [2.05, 4.69) is 38.8 Å². The predicted molar refractivity (Wildman–Crippen MR) is 319 cm³/mol. The van der Waals surface area contributed by atoms with Gasteiger partial charge in [0.2, 0.25) is 0 Å². The van der Waals surface area contributed by atoms with Crippen LogP contribution in [0.4, 0.5) is 43.4 Å². The molecule has 0 saturated carbocycles. The molecule has 0 aliphatic carbocycles. The summed E-state index contributed by atoms with van der Waals surface area (Å²) in [5, 5.41) is 64.1. The molecule has 0 unspecified atom stereocenters. The first-order valence-corrected chi connectivity index (χ1v) is 26.2. The maximum Gasteiger partial charge on any atom is 0.417 e. The van der Waals surface area contributed by atoms with E-state index in [-0.39, 0.29) is 95.5 Å². The number of fused-ring (bicyclic) bond motifs is 6. The number of nitrogens with zero attached hydrogens (tertiary/aromatic N) is 11. The summed E-state index contributed by atoms with van der Waals surface area (Å²) in [6.45, 7) is 23.4. The summed E-state index contributed by atoms with van der Waals surface area (Å²) in [7, 11) is 0. The van der Waals surface area contributed by atoms with Crippen LogP contribution in [0, 0.1) is 87.7 Å². The fourth-order valence-electron chi connectivity index (χ4n) is 11.5. The summed E-state index contributed by atoms with van der Waals surface area (Å²) in [6.07, 6.45) is -10.8. The average Bonchev–Trinajstić information content (AvgIpc) is 1.59. The molecule has 2 heterocycles. The predicted octanol–water partition coefficient (Wildman–Crippen LogP) is 19.1. The molecule has 11 nitrogen and oxygen atoms in total. The van der Waals surface area contributed by atoms with Crippen molar-refractivity contribution in [2.24, 2.45) is 0 Å². The second-order valence-electron chi connectivity index (χ2n) is 20.2. The Hall–Kier alpha value is -13.2.